The van der Waals surface area contributed by atoms with Crippen molar-refractivity contribution in [3.05, 3.63) is 34.0 Å². The van der Waals surface area contributed by atoms with Crippen molar-refractivity contribution in [3.8, 4) is 0 Å². The van der Waals surface area contributed by atoms with Crippen molar-refractivity contribution in [1.82, 2.24) is 5.16 Å². The number of aromatic nitrogens is 1. The van der Waals surface area contributed by atoms with E-state index in [1.165, 1.54) is 0 Å². The van der Waals surface area contributed by atoms with Gasteiger partial charge in [-0.3, -0.25) is 4.79 Å². The van der Waals surface area contributed by atoms with E-state index in [1.807, 2.05) is 0 Å². The van der Waals surface area contributed by atoms with Crippen LogP contribution in [0.25, 0.3) is 0 Å². The van der Waals surface area contributed by atoms with Crippen molar-refractivity contribution in [3.63, 3.8) is 0 Å². The highest BCUT2D eigenvalue weighted by molar-refractivity contribution is 5.16. The molecule has 2 unspecified atom stereocenters. The molecule has 0 aliphatic heterocycles. The molecule has 0 saturated heterocycles. The Balaban J connectivity index is 1.62. The van der Waals surface area contributed by atoms with E-state index in [0.717, 1.165) is 76.4 Å². The number of aromatic amines is 1. The van der Waals surface area contributed by atoms with Crippen LogP contribution in [0.3, 0.4) is 0 Å². The fourth-order valence-corrected chi connectivity index (χ4v) is 4.18. The van der Waals surface area contributed by atoms with Crippen molar-refractivity contribution >= 4 is 0 Å². The molecule has 166 valence electrons. The highest BCUT2D eigenvalue weighted by Gasteiger charge is 2.46. The molecule has 0 spiro atoms. The molecule has 29 heavy (non-hydrogen) atoms. The summed E-state index contributed by atoms with van der Waals surface area (Å²) in [6.07, 6.45) is 11.8. The number of hydrogen-bond donors (Lipinski definition) is 4. The Kier molecular flexibility index (Phi) is 8.99. The maximum absolute atomic E-state index is 11.3. The molecule has 1 aromatic heterocycles. The number of allylic oxidation sites excluding steroid dienone is 1. The van der Waals surface area contributed by atoms with E-state index in [4.69, 9.17) is 20.4 Å². The molecule has 0 amide bonds. The lowest BCUT2D eigenvalue weighted by molar-refractivity contribution is 0.141. The van der Waals surface area contributed by atoms with Crippen LogP contribution in [0.15, 0.2) is 27.2 Å². The number of nitrogens with two attached hydrogens (primary N) is 1. The normalized spacial score (nSPS) is 19.0. The minimum Gasteiger partial charge on any atom is -0.416 e. The van der Waals surface area contributed by atoms with E-state index in [9.17, 15) is 9.90 Å². The first-order valence-electron chi connectivity index (χ1n) is 10.9. The smallest absolute Gasteiger partial charge is 0.280 e. The Hall–Kier alpha value is -1.57. The van der Waals surface area contributed by atoms with Gasteiger partial charge in [-0.05, 0) is 51.0 Å². The van der Waals surface area contributed by atoms with Crippen LogP contribution in [0.4, 0.5) is 0 Å². The molecule has 7 heteroatoms. The third-order valence-corrected chi connectivity index (χ3v) is 6.64. The van der Waals surface area contributed by atoms with Crippen LogP contribution in [0, 0.1) is 5.41 Å². The second-order valence-corrected chi connectivity index (χ2v) is 8.79. The van der Waals surface area contributed by atoms with Crippen LogP contribution >= 0.6 is 0 Å². The lowest BCUT2D eigenvalue weighted by Crippen LogP contribution is -2.20. The summed E-state index contributed by atoms with van der Waals surface area (Å²) in [5.41, 5.74) is -0.326. The highest BCUT2D eigenvalue weighted by atomic mass is 16.6. The number of aliphatic hydroxyl groups excluding tert-OH is 2. The number of aliphatic hydroxyl groups is 2. The summed E-state index contributed by atoms with van der Waals surface area (Å²) in [4.78, 5) is 16.3. The van der Waals surface area contributed by atoms with Crippen molar-refractivity contribution < 1.29 is 19.6 Å². The first-order chi connectivity index (χ1) is 13.9. The molecule has 0 bridgehead atoms. The van der Waals surface area contributed by atoms with Gasteiger partial charge in [0.15, 0.2) is 0 Å². The van der Waals surface area contributed by atoms with E-state index in [0.29, 0.717) is 5.76 Å². The number of H-pyrrole nitrogens is 1. The van der Waals surface area contributed by atoms with E-state index in [-0.39, 0.29) is 29.1 Å². The van der Waals surface area contributed by atoms with Gasteiger partial charge in [0.2, 0.25) is 0 Å². The largest absolute Gasteiger partial charge is 0.416 e. The van der Waals surface area contributed by atoms with E-state index in [1.54, 1.807) is 12.1 Å². The topological polar surface area (TPSA) is 122 Å². The number of unbranched alkanes of at least 4 members (excludes halogenated alkanes) is 2. The lowest BCUT2D eigenvalue weighted by Gasteiger charge is -2.25. The van der Waals surface area contributed by atoms with Gasteiger partial charge < -0.3 is 19.6 Å². The Labute approximate surface area is 173 Å². The van der Waals surface area contributed by atoms with Gasteiger partial charge in [0.1, 0.15) is 11.5 Å². The van der Waals surface area contributed by atoms with Crippen LogP contribution in [0.1, 0.15) is 90.2 Å². The van der Waals surface area contributed by atoms with E-state index in [2.05, 4.69) is 19.0 Å². The summed E-state index contributed by atoms with van der Waals surface area (Å²) in [7, 11) is 0. The molecule has 1 heterocycles. The lowest BCUT2D eigenvalue weighted by atomic mass is 9.79. The fraction of sp³-hybridized carbons (Fsp3) is 0.773. The van der Waals surface area contributed by atoms with E-state index < -0.39 is 0 Å². The molecule has 1 aliphatic rings. The zero-order valence-electron chi connectivity index (χ0n) is 17.9. The summed E-state index contributed by atoms with van der Waals surface area (Å²) in [6, 6.07) is 1.54. The van der Waals surface area contributed by atoms with Gasteiger partial charge in [-0.2, -0.15) is 11.1 Å². The zero-order valence-corrected chi connectivity index (χ0v) is 17.9. The molecule has 1 aromatic rings. The van der Waals surface area contributed by atoms with Crippen molar-refractivity contribution in [1.29, 1.82) is 0 Å². The van der Waals surface area contributed by atoms with Gasteiger partial charge >= 0.3 is 0 Å². The van der Waals surface area contributed by atoms with Gasteiger partial charge in [-0.25, -0.2) is 0 Å². The second-order valence-electron chi connectivity index (χ2n) is 8.79. The molecule has 5 N–H and O–H groups in total. The van der Waals surface area contributed by atoms with Crippen LogP contribution in [-0.2, 0) is 10.3 Å². The molecule has 7 nitrogen and oxygen atoms in total. The predicted molar refractivity (Wildman–Crippen MR) is 112 cm³/mol. The zero-order chi connectivity index (χ0) is 21.3. The molecular formula is C22H38N2O5. The Morgan fingerprint density at radius 2 is 2.07 bits per heavy atom. The summed E-state index contributed by atoms with van der Waals surface area (Å²) in [6.45, 7) is 4.17. The van der Waals surface area contributed by atoms with E-state index >= 15 is 0 Å². The Morgan fingerprint density at radius 1 is 1.38 bits per heavy atom. The third-order valence-electron chi connectivity index (χ3n) is 6.64. The number of hydrogen-bond acceptors (Lipinski definition) is 6. The molecule has 1 fully saturated rings. The number of nitrogens with one attached hydrogen (secondary N) is 1. The molecular weight excluding hydrogens is 372 g/mol. The first kappa shape index (κ1) is 23.7. The van der Waals surface area contributed by atoms with Gasteiger partial charge in [0.25, 0.3) is 5.56 Å². The molecule has 0 radical (unpaired) electrons. The molecule has 2 atom stereocenters. The quantitative estimate of drug-likeness (QED) is 0.199. The molecule has 2 rings (SSSR count). The average molecular weight is 411 g/mol. The fourth-order valence-electron chi connectivity index (χ4n) is 4.18. The molecule has 0 aromatic carbocycles. The number of rotatable bonds is 15. The molecule has 1 aliphatic carbocycles. The minimum atomic E-state index is -0.276. The van der Waals surface area contributed by atoms with Gasteiger partial charge in [-0.1, -0.05) is 39.5 Å². The summed E-state index contributed by atoms with van der Waals surface area (Å²) in [5, 5.41) is 21.7. The highest BCUT2D eigenvalue weighted by Crippen LogP contribution is 2.55. The standard InChI is InChI=1S/C22H38N2O5/c1-3-21(2,19-16-20(27)24-29-19)11-6-4-8-17(26)9-5-7-12-22(13-14-22)18(28-23)10-15-25/h10,16-17,25-26H,3-9,11-15,23H2,1-2H3,(H,24,27)/b18-10-. The summed E-state index contributed by atoms with van der Waals surface area (Å²) < 4.78 is 5.32. The van der Waals surface area contributed by atoms with Crippen molar-refractivity contribution in [2.45, 2.75) is 96.0 Å². The maximum Gasteiger partial charge on any atom is 0.280 e. The Bertz CT molecular complexity index is 691. The first-order valence-corrected chi connectivity index (χ1v) is 10.9. The van der Waals surface area contributed by atoms with Gasteiger partial charge in [0, 0.05) is 16.9 Å². The second kappa shape index (κ2) is 11.0. The van der Waals surface area contributed by atoms with Crippen LogP contribution < -0.4 is 11.5 Å². The average Bonchev–Trinajstić information content (AvgIpc) is 3.37. The SMILES string of the molecule is CCC(C)(CCCCC(O)CCCCC1(/C(=C/CO)ON)CC1)c1cc(=O)[nH]o1. The van der Waals surface area contributed by atoms with Gasteiger partial charge in [-0.15, -0.1) is 0 Å². The third kappa shape index (κ3) is 6.73. The Morgan fingerprint density at radius 3 is 2.59 bits per heavy atom. The van der Waals surface area contributed by atoms with Crippen molar-refractivity contribution in [2.24, 2.45) is 11.3 Å². The van der Waals surface area contributed by atoms with Crippen molar-refractivity contribution in [2.75, 3.05) is 6.61 Å². The predicted octanol–water partition coefficient (Wildman–Crippen LogP) is 3.66. The minimum absolute atomic E-state index is 0.0142. The van der Waals surface area contributed by atoms with Crippen LogP contribution in [0.5, 0.6) is 0 Å². The molecule has 1 saturated carbocycles. The maximum atomic E-state index is 11.3. The van der Waals surface area contributed by atoms with Gasteiger partial charge in [0.05, 0.1) is 12.7 Å². The van der Waals surface area contributed by atoms with Crippen LogP contribution in [0.2, 0.25) is 0 Å². The summed E-state index contributed by atoms with van der Waals surface area (Å²) >= 11 is 0. The summed E-state index contributed by atoms with van der Waals surface area (Å²) in [5.74, 6) is 6.77. The monoisotopic (exact) mass is 410 g/mol. The van der Waals surface area contributed by atoms with Crippen LogP contribution in [-0.4, -0.2) is 28.1 Å².